The van der Waals surface area contributed by atoms with Crippen LogP contribution in [0.25, 0.3) is 6.08 Å². The van der Waals surface area contributed by atoms with E-state index in [1.54, 1.807) is 6.07 Å². The maximum Gasteiger partial charge on any atom is 0.328 e. The fourth-order valence-electron chi connectivity index (χ4n) is 1.03. The lowest BCUT2D eigenvalue weighted by molar-refractivity contribution is -0.131. The van der Waals surface area contributed by atoms with Gasteiger partial charge in [-0.2, -0.15) is 0 Å². The molecule has 80 valence electrons. The van der Waals surface area contributed by atoms with Gasteiger partial charge in [-0.05, 0) is 23.8 Å². The van der Waals surface area contributed by atoms with Gasteiger partial charge in [-0.3, -0.25) is 0 Å². The first-order chi connectivity index (χ1) is 7.22. The molecule has 1 N–H and O–H groups in total. The van der Waals surface area contributed by atoms with Crippen molar-refractivity contribution in [2.75, 3.05) is 11.9 Å². The maximum absolute atomic E-state index is 10.3. The molecule has 4 heteroatoms. The summed E-state index contributed by atoms with van der Waals surface area (Å²) in [4.78, 5) is 10.3. The van der Waals surface area contributed by atoms with Gasteiger partial charge in [-0.15, -0.1) is 0 Å². The molecular weight excluding hydrogens is 260 g/mol. The number of rotatable bonds is 5. The second kappa shape index (κ2) is 6.24. The van der Waals surface area contributed by atoms with Gasteiger partial charge in [0.05, 0.1) is 6.61 Å². The van der Waals surface area contributed by atoms with E-state index in [1.165, 1.54) is 6.08 Å². The number of halogens is 1. The topological polar surface area (TPSA) is 46.5 Å². The van der Waals surface area contributed by atoms with Crippen LogP contribution in [0, 0.1) is 0 Å². The van der Waals surface area contributed by atoms with Gasteiger partial charge >= 0.3 is 5.97 Å². The minimum absolute atomic E-state index is 0.589. The second-order valence-electron chi connectivity index (χ2n) is 2.78. The van der Waals surface area contributed by atoms with Crippen LogP contribution in [-0.4, -0.2) is 23.0 Å². The summed E-state index contributed by atoms with van der Waals surface area (Å²) in [6, 6.07) is 7.27. The Morgan fingerprint density at radius 1 is 1.53 bits per heavy atom. The van der Waals surface area contributed by atoms with Crippen molar-refractivity contribution in [3.05, 3.63) is 35.9 Å². The van der Waals surface area contributed by atoms with E-state index in [0.29, 0.717) is 6.61 Å². The van der Waals surface area contributed by atoms with E-state index in [9.17, 15) is 4.79 Å². The minimum Gasteiger partial charge on any atom is -0.493 e. The number of carbonyl (C=O) groups is 1. The van der Waals surface area contributed by atoms with Crippen LogP contribution in [0.1, 0.15) is 5.56 Å². The smallest absolute Gasteiger partial charge is 0.328 e. The Kier molecular flexibility index (Phi) is 4.90. The third-order valence-corrected chi connectivity index (χ3v) is 1.95. The van der Waals surface area contributed by atoms with Crippen LogP contribution in [0.2, 0.25) is 0 Å². The molecule has 0 spiro atoms. The van der Waals surface area contributed by atoms with Gasteiger partial charge < -0.3 is 9.84 Å². The first kappa shape index (κ1) is 11.8. The molecule has 15 heavy (non-hydrogen) atoms. The van der Waals surface area contributed by atoms with Gasteiger partial charge in [-0.25, -0.2) is 4.79 Å². The van der Waals surface area contributed by atoms with Gasteiger partial charge in [0.1, 0.15) is 5.75 Å². The Morgan fingerprint density at radius 2 is 2.33 bits per heavy atom. The van der Waals surface area contributed by atoms with Gasteiger partial charge in [-0.1, -0.05) is 28.1 Å². The summed E-state index contributed by atoms with van der Waals surface area (Å²) in [6.45, 7) is 0.589. The van der Waals surface area contributed by atoms with E-state index < -0.39 is 5.97 Å². The third kappa shape index (κ3) is 4.65. The highest BCUT2D eigenvalue weighted by Gasteiger charge is 1.94. The molecule has 0 fully saturated rings. The summed E-state index contributed by atoms with van der Waals surface area (Å²) >= 11 is 3.26. The number of carboxylic acid groups (broad SMARTS) is 1. The van der Waals surface area contributed by atoms with Crippen molar-refractivity contribution < 1.29 is 14.6 Å². The molecule has 0 saturated heterocycles. The average molecular weight is 271 g/mol. The molecule has 0 unspecified atom stereocenters. The summed E-state index contributed by atoms with van der Waals surface area (Å²) in [5.74, 6) is -0.219. The van der Waals surface area contributed by atoms with Gasteiger partial charge in [0.25, 0.3) is 0 Å². The number of ether oxygens (including phenoxy) is 1. The summed E-state index contributed by atoms with van der Waals surface area (Å²) in [7, 11) is 0. The predicted octanol–water partition coefficient (Wildman–Crippen LogP) is 2.56. The van der Waals surface area contributed by atoms with Crippen molar-refractivity contribution in [1.82, 2.24) is 0 Å². The van der Waals surface area contributed by atoms with Crippen LogP contribution in [-0.2, 0) is 4.79 Å². The van der Waals surface area contributed by atoms with E-state index >= 15 is 0 Å². The Bertz CT molecular complexity index is 361. The van der Waals surface area contributed by atoms with Crippen molar-refractivity contribution >= 4 is 28.0 Å². The lowest BCUT2D eigenvalue weighted by atomic mass is 10.2. The Balaban J connectivity index is 2.69. The molecule has 0 heterocycles. The molecule has 0 atom stereocenters. The second-order valence-corrected chi connectivity index (χ2v) is 3.57. The third-order valence-electron chi connectivity index (χ3n) is 1.62. The SMILES string of the molecule is O=C(O)C=Cc1cccc(OCCBr)c1. The highest BCUT2D eigenvalue weighted by Crippen LogP contribution is 2.14. The van der Waals surface area contributed by atoms with E-state index in [4.69, 9.17) is 9.84 Å². The molecule has 0 saturated carbocycles. The quantitative estimate of drug-likeness (QED) is 0.661. The molecule has 1 aromatic carbocycles. The van der Waals surface area contributed by atoms with Crippen molar-refractivity contribution in [3.63, 3.8) is 0 Å². The zero-order valence-corrected chi connectivity index (χ0v) is 9.61. The molecule has 0 aliphatic heterocycles. The molecular formula is C11H11BrO3. The summed E-state index contributed by atoms with van der Waals surface area (Å²) in [5, 5.41) is 9.23. The monoisotopic (exact) mass is 270 g/mol. The van der Waals surface area contributed by atoms with E-state index in [0.717, 1.165) is 22.7 Å². The molecule has 0 bridgehead atoms. The van der Waals surface area contributed by atoms with Crippen LogP contribution >= 0.6 is 15.9 Å². The van der Waals surface area contributed by atoms with Crippen molar-refractivity contribution in [3.8, 4) is 5.75 Å². The summed E-state index contributed by atoms with van der Waals surface area (Å²) in [6.07, 6.45) is 2.63. The Labute approximate surface area is 96.5 Å². The predicted molar refractivity (Wildman–Crippen MR) is 62.4 cm³/mol. The summed E-state index contributed by atoms with van der Waals surface area (Å²) < 4.78 is 5.37. The van der Waals surface area contributed by atoms with E-state index in [-0.39, 0.29) is 0 Å². The molecule has 0 aliphatic carbocycles. The number of hydrogen-bond acceptors (Lipinski definition) is 2. The average Bonchev–Trinajstić information content (AvgIpc) is 2.24. The molecule has 0 aliphatic rings. The van der Waals surface area contributed by atoms with Gasteiger partial charge in [0.15, 0.2) is 0 Å². The number of carboxylic acids is 1. The van der Waals surface area contributed by atoms with E-state index in [2.05, 4.69) is 15.9 Å². The molecule has 0 radical (unpaired) electrons. The number of hydrogen-bond donors (Lipinski definition) is 1. The Morgan fingerprint density at radius 3 is 3.00 bits per heavy atom. The molecule has 0 amide bonds. The largest absolute Gasteiger partial charge is 0.493 e. The maximum atomic E-state index is 10.3. The molecule has 3 nitrogen and oxygen atoms in total. The zero-order valence-electron chi connectivity index (χ0n) is 8.02. The van der Waals surface area contributed by atoms with Gasteiger partial charge in [0, 0.05) is 11.4 Å². The first-order valence-corrected chi connectivity index (χ1v) is 5.54. The minimum atomic E-state index is -0.957. The number of benzene rings is 1. The van der Waals surface area contributed by atoms with Crippen LogP contribution in [0.3, 0.4) is 0 Å². The van der Waals surface area contributed by atoms with E-state index in [1.807, 2.05) is 18.2 Å². The highest BCUT2D eigenvalue weighted by molar-refractivity contribution is 9.09. The van der Waals surface area contributed by atoms with Gasteiger partial charge in [0.2, 0.25) is 0 Å². The van der Waals surface area contributed by atoms with Crippen molar-refractivity contribution in [1.29, 1.82) is 0 Å². The van der Waals surface area contributed by atoms with Crippen LogP contribution in [0.15, 0.2) is 30.3 Å². The zero-order chi connectivity index (χ0) is 11.1. The lowest BCUT2D eigenvalue weighted by Crippen LogP contribution is -1.97. The molecule has 0 aromatic heterocycles. The highest BCUT2D eigenvalue weighted by atomic mass is 79.9. The summed E-state index contributed by atoms with van der Waals surface area (Å²) in [5.41, 5.74) is 0.810. The fraction of sp³-hybridized carbons (Fsp3) is 0.182. The molecule has 1 rings (SSSR count). The number of aliphatic carboxylic acids is 1. The molecule has 1 aromatic rings. The van der Waals surface area contributed by atoms with Crippen molar-refractivity contribution in [2.45, 2.75) is 0 Å². The van der Waals surface area contributed by atoms with Crippen LogP contribution in [0.4, 0.5) is 0 Å². The fourth-order valence-corrected chi connectivity index (χ4v) is 1.19. The standard InChI is InChI=1S/C11H11BrO3/c12-6-7-15-10-3-1-2-9(8-10)4-5-11(13)14/h1-5,8H,6-7H2,(H,13,14). The van der Waals surface area contributed by atoms with Crippen LogP contribution < -0.4 is 4.74 Å². The Hall–Kier alpha value is -1.29. The first-order valence-electron chi connectivity index (χ1n) is 4.42. The lowest BCUT2D eigenvalue weighted by Gasteiger charge is -2.03. The van der Waals surface area contributed by atoms with Crippen molar-refractivity contribution in [2.24, 2.45) is 0 Å². The number of alkyl halides is 1. The van der Waals surface area contributed by atoms with Crippen LogP contribution in [0.5, 0.6) is 5.75 Å². The normalized spacial score (nSPS) is 10.5.